The molecule has 2 nitrogen and oxygen atoms in total. The van der Waals surface area contributed by atoms with E-state index < -0.39 is 0 Å². The van der Waals surface area contributed by atoms with Crippen molar-refractivity contribution < 1.29 is 4.79 Å². The predicted molar refractivity (Wildman–Crippen MR) is 85.2 cm³/mol. The minimum atomic E-state index is -0.0333. The zero-order chi connectivity index (χ0) is 14.6. The first-order chi connectivity index (χ1) is 10.1. The average molecular weight is 283 g/mol. The summed E-state index contributed by atoms with van der Waals surface area (Å²) in [4.78, 5) is 15.1. The van der Waals surface area contributed by atoms with Crippen LogP contribution in [-0.4, -0.2) is 13.0 Å². The Hall–Kier alpha value is -1.31. The number of amides is 1. The predicted octanol–water partition coefficient (Wildman–Crippen LogP) is 4.17. The van der Waals surface area contributed by atoms with E-state index in [-0.39, 0.29) is 5.41 Å². The van der Waals surface area contributed by atoms with Crippen LogP contribution in [0.3, 0.4) is 0 Å². The molecular weight excluding hydrogens is 258 g/mol. The topological polar surface area (TPSA) is 20.3 Å². The van der Waals surface area contributed by atoms with Crippen LogP contribution in [0.1, 0.15) is 44.1 Å². The minimum Gasteiger partial charge on any atom is -0.315 e. The normalized spacial score (nSPS) is 36.8. The van der Waals surface area contributed by atoms with Crippen molar-refractivity contribution in [2.24, 2.45) is 23.2 Å². The van der Waals surface area contributed by atoms with E-state index >= 15 is 0 Å². The number of rotatable bonds is 2. The molecule has 0 aromatic heterocycles. The summed E-state index contributed by atoms with van der Waals surface area (Å²) >= 11 is 0. The first-order valence-corrected chi connectivity index (χ1v) is 8.40. The van der Waals surface area contributed by atoms with Gasteiger partial charge in [0.25, 0.3) is 0 Å². The SMILES string of the molecule is Cc1ccc(N(C)C(=O)C23CC4CC(CC(C4)C2)C3)cc1. The van der Waals surface area contributed by atoms with Gasteiger partial charge in [0.15, 0.2) is 0 Å². The van der Waals surface area contributed by atoms with Crippen LogP contribution in [-0.2, 0) is 4.79 Å². The van der Waals surface area contributed by atoms with Gasteiger partial charge in [-0.25, -0.2) is 0 Å². The van der Waals surface area contributed by atoms with E-state index in [9.17, 15) is 4.79 Å². The summed E-state index contributed by atoms with van der Waals surface area (Å²) in [7, 11) is 1.96. The summed E-state index contributed by atoms with van der Waals surface area (Å²) in [5, 5.41) is 0. The second kappa shape index (κ2) is 4.59. The summed E-state index contributed by atoms with van der Waals surface area (Å²) < 4.78 is 0. The maximum Gasteiger partial charge on any atom is 0.232 e. The molecule has 4 aliphatic carbocycles. The highest BCUT2D eigenvalue weighted by atomic mass is 16.2. The molecule has 0 radical (unpaired) electrons. The van der Waals surface area contributed by atoms with E-state index in [2.05, 4.69) is 31.2 Å². The molecule has 4 fully saturated rings. The molecule has 4 bridgehead atoms. The molecule has 5 rings (SSSR count). The Morgan fingerprint density at radius 1 is 1.00 bits per heavy atom. The first kappa shape index (κ1) is 13.4. The summed E-state index contributed by atoms with van der Waals surface area (Å²) in [5.74, 6) is 2.86. The van der Waals surface area contributed by atoms with Gasteiger partial charge in [-0.05, 0) is 75.3 Å². The molecule has 112 valence electrons. The first-order valence-electron chi connectivity index (χ1n) is 8.40. The standard InChI is InChI=1S/C19H25NO/c1-13-3-5-17(6-4-13)20(2)18(21)19-10-14-7-15(11-19)9-16(8-14)12-19/h3-6,14-16H,7-12H2,1-2H3. The van der Waals surface area contributed by atoms with Crippen LogP contribution < -0.4 is 4.90 Å². The van der Waals surface area contributed by atoms with Gasteiger partial charge in [0.05, 0.1) is 5.41 Å². The zero-order valence-corrected chi connectivity index (χ0v) is 13.1. The van der Waals surface area contributed by atoms with E-state index in [0.29, 0.717) is 5.91 Å². The highest BCUT2D eigenvalue weighted by Gasteiger charge is 2.55. The molecular formula is C19H25NO. The van der Waals surface area contributed by atoms with E-state index in [1.807, 2.05) is 11.9 Å². The van der Waals surface area contributed by atoms with Gasteiger partial charge in [0, 0.05) is 12.7 Å². The number of carbonyl (C=O) groups is 1. The molecule has 0 atom stereocenters. The average Bonchev–Trinajstić information content (AvgIpc) is 2.45. The van der Waals surface area contributed by atoms with Gasteiger partial charge in [-0.2, -0.15) is 0 Å². The molecule has 1 amide bonds. The van der Waals surface area contributed by atoms with Gasteiger partial charge in [0.2, 0.25) is 5.91 Å². The van der Waals surface area contributed by atoms with Crippen molar-refractivity contribution in [2.45, 2.75) is 45.4 Å². The van der Waals surface area contributed by atoms with Crippen molar-refractivity contribution in [3.8, 4) is 0 Å². The molecule has 0 heterocycles. The number of nitrogens with zero attached hydrogens (tertiary/aromatic N) is 1. The highest BCUT2D eigenvalue weighted by molar-refractivity contribution is 5.97. The maximum atomic E-state index is 13.2. The van der Waals surface area contributed by atoms with Gasteiger partial charge >= 0.3 is 0 Å². The molecule has 4 aliphatic rings. The lowest BCUT2D eigenvalue weighted by molar-refractivity contribution is -0.143. The van der Waals surface area contributed by atoms with Crippen LogP contribution >= 0.6 is 0 Å². The molecule has 0 unspecified atom stereocenters. The number of hydrogen-bond donors (Lipinski definition) is 0. The fourth-order valence-corrected chi connectivity index (χ4v) is 5.61. The highest BCUT2D eigenvalue weighted by Crippen LogP contribution is 2.60. The van der Waals surface area contributed by atoms with Gasteiger partial charge < -0.3 is 4.90 Å². The fraction of sp³-hybridized carbons (Fsp3) is 0.632. The van der Waals surface area contributed by atoms with E-state index in [0.717, 1.165) is 42.7 Å². The van der Waals surface area contributed by atoms with Gasteiger partial charge in [0.1, 0.15) is 0 Å². The lowest BCUT2D eigenvalue weighted by Gasteiger charge is -2.56. The molecule has 0 aliphatic heterocycles. The second-order valence-corrected chi connectivity index (χ2v) is 7.90. The summed E-state index contributed by atoms with van der Waals surface area (Å²) in [6.45, 7) is 2.09. The van der Waals surface area contributed by atoms with Crippen LogP contribution in [0.5, 0.6) is 0 Å². The van der Waals surface area contributed by atoms with Crippen molar-refractivity contribution in [1.29, 1.82) is 0 Å². The third-order valence-corrected chi connectivity index (χ3v) is 6.22. The monoisotopic (exact) mass is 283 g/mol. The maximum absolute atomic E-state index is 13.2. The molecule has 21 heavy (non-hydrogen) atoms. The Balaban J connectivity index is 1.60. The fourth-order valence-electron chi connectivity index (χ4n) is 5.61. The molecule has 0 saturated heterocycles. The summed E-state index contributed by atoms with van der Waals surface area (Å²) in [6.07, 6.45) is 7.61. The number of benzene rings is 1. The Morgan fingerprint density at radius 2 is 1.48 bits per heavy atom. The Labute approximate surface area is 127 Å². The molecule has 1 aromatic rings. The molecule has 2 heteroatoms. The van der Waals surface area contributed by atoms with Crippen LogP contribution in [0.4, 0.5) is 5.69 Å². The summed E-state index contributed by atoms with van der Waals surface area (Å²) in [6, 6.07) is 8.35. The zero-order valence-electron chi connectivity index (χ0n) is 13.1. The Bertz CT molecular complexity index is 524. The minimum absolute atomic E-state index is 0.0333. The summed E-state index contributed by atoms with van der Waals surface area (Å²) in [5.41, 5.74) is 2.25. The molecule has 4 saturated carbocycles. The smallest absolute Gasteiger partial charge is 0.232 e. The van der Waals surface area contributed by atoms with Gasteiger partial charge in [-0.15, -0.1) is 0 Å². The van der Waals surface area contributed by atoms with Crippen LogP contribution in [0.15, 0.2) is 24.3 Å². The van der Waals surface area contributed by atoms with Crippen molar-refractivity contribution >= 4 is 11.6 Å². The Kier molecular flexibility index (Phi) is 2.92. The third-order valence-electron chi connectivity index (χ3n) is 6.22. The van der Waals surface area contributed by atoms with Crippen LogP contribution in [0, 0.1) is 30.1 Å². The van der Waals surface area contributed by atoms with E-state index in [1.165, 1.54) is 24.8 Å². The quantitative estimate of drug-likeness (QED) is 0.797. The van der Waals surface area contributed by atoms with E-state index in [4.69, 9.17) is 0 Å². The third kappa shape index (κ3) is 2.11. The molecule has 0 spiro atoms. The van der Waals surface area contributed by atoms with Crippen molar-refractivity contribution in [3.63, 3.8) is 0 Å². The van der Waals surface area contributed by atoms with Crippen molar-refractivity contribution in [2.75, 3.05) is 11.9 Å². The van der Waals surface area contributed by atoms with Crippen molar-refractivity contribution in [1.82, 2.24) is 0 Å². The second-order valence-electron chi connectivity index (χ2n) is 7.90. The van der Waals surface area contributed by atoms with Gasteiger partial charge in [-0.1, -0.05) is 17.7 Å². The number of anilines is 1. The largest absolute Gasteiger partial charge is 0.315 e. The van der Waals surface area contributed by atoms with Gasteiger partial charge in [-0.3, -0.25) is 4.79 Å². The molecule has 1 aromatic carbocycles. The lowest BCUT2D eigenvalue weighted by atomic mass is 9.49. The lowest BCUT2D eigenvalue weighted by Crippen LogP contribution is -2.54. The van der Waals surface area contributed by atoms with Crippen molar-refractivity contribution in [3.05, 3.63) is 29.8 Å². The van der Waals surface area contributed by atoms with E-state index in [1.54, 1.807) is 0 Å². The van der Waals surface area contributed by atoms with Crippen LogP contribution in [0.25, 0.3) is 0 Å². The number of carbonyl (C=O) groups excluding carboxylic acids is 1. The number of aryl methyl sites for hydroxylation is 1. The molecule has 0 N–H and O–H groups in total. The Morgan fingerprint density at radius 3 is 1.95 bits per heavy atom. The van der Waals surface area contributed by atoms with Crippen LogP contribution in [0.2, 0.25) is 0 Å². The number of hydrogen-bond acceptors (Lipinski definition) is 1.